The summed E-state index contributed by atoms with van der Waals surface area (Å²) in [5.41, 5.74) is 1.91. The van der Waals surface area contributed by atoms with Gasteiger partial charge in [-0.3, -0.25) is 4.79 Å². The first-order valence-electron chi connectivity index (χ1n) is 5.50. The maximum atomic E-state index is 12.0. The summed E-state index contributed by atoms with van der Waals surface area (Å²) in [7, 11) is 0. The Morgan fingerprint density at radius 2 is 2.00 bits per heavy atom. The van der Waals surface area contributed by atoms with Gasteiger partial charge in [0.2, 0.25) is 0 Å². The molecule has 2 rings (SSSR count). The second kappa shape index (κ2) is 6.16. The van der Waals surface area contributed by atoms with Gasteiger partial charge in [0.15, 0.2) is 5.78 Å². The zero-order valence-corrected chi connectivity index (χ0v) is 12.3. The summed E-state index contributed by atoms with van der Waals surface area (Å²) in [4.78, 5) is 16.2. The van der Waals surface area contributed by atoms with Crippen molar-refractivity contribution in [1.29, 1.82) is 0 Å². The van der Waals surface area contributed by atoms with Crippen LogP contribution in [0.4, 0.5) is 0 Å². The van der Waals surface area contributed by atoms with Crippen LogP contribution in [0.1, 0.15) is 15.9 Å². The van der Waals surface area contributed by atoms with E-state index in [1.54, 1.807) is 6.20 Å². The highest BCUT2D eigenvalue weighted by atomic mass is 79.9. The van der Waals surface area contributed by atoms with Gasteiger partial charge in [0, 0.05) is 16.2 Å². The second-order valence-corrected chi connectivity index (χ2v) is 5.69. The third-order valence-corrected chi connectivity index (χ3v) is 4.35. The SMILES string of the molecule is Cc1ccc(C(=O)CSc2ncccc2Br)cc1. The first-order chi connectivity index (χ1) is 8.66. The number of nitrogens with zero attached hydrogens (tertiary/aromatic N) is 1. The van der Waals surface area contributed by atoms with Crippen LogP contribution in [0.5, 0.6) is 0 Å². The fourth-order valence-electron chi connectivity index (χ4n) is 1.43. The lowest BCUT2D eigenvalue weighted by atomic mass is 10.1. The molecule has 0 unspecified atom stereocenters. The first kappa shape index (κ1) is 13.3. The van der Waals surface area contributed by atoms with Gasteiger partial charge >= 0.3 is 0 Å². The minimum absolute atomic E-state index is 0.123. The van der Waals surface area contributed by atoms with E-state index in [1.807, 2.05) is 43.3 Å². The molecule has 0 saturated carbocycles. The maximum Gasteiger partial charge on any atom is 0.173 e. The van der Waals surface area contributed by atoms with Crippen molar-refractivity contribution in [3.05, 3.63) is 58.2 Å². The number of halogens is 1. The number of Topliss-reactive ketones (excluding diaryl/α,β-unsaturated/α-hetero) is 1. The number of benzene rings is 1. The van der Waals surface area contributed by atoms with E-state index in [2.05, 4.69) is 20.9 Å². The molecular weight excluding hydrogens is 310 g/mol. The smallest absolute Gasteiger partial charge is 0.173 e. The average molecular weight is 322 g/mol. The monoisotopic (exact) mass is 321 g/mol. The third kappa shape index (κ3) is 3.43. The Labute approximate surface area is 119 Å². The van der Waals surface area contributed by atoms with Crippen molar-refractivity contribution >= 4 is 33.5 Å². The summed E-state index contributed by atoms with van der Waals surface area (Å²) in [6.07, 6.45) is 1.73. The van der Waals surface area contributed by atoms with Crippen molar-refractivity contribution in [2.45, 2.75) is 11.9 Å². The second-order valence-electron chi connectivity index (χ2n) is 3.87. The van der Waals surface area contributed by atoms with Crippen molar-refractivity contribution in [2.24, 2.45) is 0 Å². The van der Waals surface area contributed by atoms with Gasteiger partial charge in [0.25, 0.3) is 0 Å². The van der Waals surface area contributed by atoms with Crippen molar-refractivity contribution < 1.29 is 4.79 Å². The van der Waals surface area contributed by atoms with E-state index in [1.165, 1.54) is 11.8 Å². The molecule has 0 atom stereocenters. The summed E-state index contributed by atoms with van der Waals surface area (Å²) in [5.74, 6) is 0.524. The van der Waals surface area contributed by atoms with Crippen LogP contribution in [-0.2, 0) is 0 Å². The molecule has 18 heavy (non-hydrogen) atoms. The molecule has 0 spiro atoms. The average Bonchev–Trinajstić information content (AvgIpc) is 2.38. The zero-order valence-electron chi connectivity index (χ0n) is 9.89. The Hall–Kier alpha value is -1.13. The fourth-order valence-corrected chi connectivity index (χ4v) is 2.81. The van der Waals surface area contributed by atoms with Crippen LogP contribution >= 0.6 is 27.7 Å². The van der Waals surface area contributed by atoms with E-state index >= 15 is 0 Å². The number of thioether (sulfide) groups is 1. The molecule has 4 heteroatoms. The van der Waals surface area contributed by atoms with Crippen LogP contribution in [0.2, 0.25) is 0 Å². The molecule has 0 fully saturated rings. The number of pyridine rings is 1. The minimum atomic E-state index is 0.123. The van der Waals surface area contributed by atoms with Gasteiger partial charge in [0.05, 0.1) is 5.75 Å². The van der Waals surface area contributed by atoms with Crippen molar-refractivity contribution in [1.82, 2.24) is 4.98 Å². The number of hydrogen-bond donors (Lipinski definition) is 0. The van der Waals surface area contributed by atoms with E-state index in [4.69, 9.17) is 0 Å². The summed E-state index contributed by atoms with van der Waals surface area (Å²) in [6.45, 7) is 2.01. The first-order valence-corrected chi connectivity index (χ1v) is 7.28. The third-order valence-electron chi connectivity index (χ3n) is 2.44. The molecule has 0 amide bonds. The normalized spacial score (nSPS) is 10.3. The summed E-state index contributed by atoms with van der Waals surface area (Å²) in [5, 5.41) is 0.845. The number of hydrogen-bond acceptors (Lipinski definition) is 3. The molecule has 0 radical (unpaired) electrons. The fraction of sp³-hybridized carbons (Fsp3) is 0.143. The number of rotatable bonds is 4. The molecule has 1 aromatic carbocycles. The molecule has 1 heterocycles. The molecule has 0 aliphatic carbocycles. The van der Waals surface area contributed by atoms with Gasteiger partial charge in [-0.1, -0.05) is 41.6 Å². The predicted molar refractivity (Wildman–Crippen MR) is 78.2 cm³/mol. The van der Waals surface area contributed by atoms with Crippen LogP contribution in [0.3, 0.4) is 0 Å². The van der Waals surface area contributed by atoms with Gasteiger partial charge in [-0.25, -0.2) is 4.98 Å². The van der Waals surface area contributed by atoms with Crippen LogP contribution < -0.4 is 0 Å². The topological polar surface area (TPSA) is 30.0 Å². The van der Waals surface area contributed by atoms with Gasteiger partial charge in [-0.05, 0) is 35.0 Å². The number of carbonyl (C=O) groups excluding carboxylic acids is 1. The molecule has 0 aliphatic rings. The van der Waals surface area contributed by atoms with E-state index in [0.717, 1.165) is 20.6 Å². The quantitative estimate of drug-likeness (QED) is 0.626. The lowest BCUT2D eigenvalue weighted by Crippen LogP contribution is -2.02. The molecule has 92 valence electrons. The standard InChI is InChI=1S/C14H12BrNOS/c1-10-4-6-11(7-5-10)13(17)9-18-14-12(15)3-2-8-16-14/h2-8H,9H2,1H3. The maximum absolute atomic E-state index is 12.0. The molecule has 0 aliphatic heterocycles. The molecule has 1 aromatic heterocycles. The molecular formula is C14H12BrNOS. The summed E-state index contributed by atoms with van der Waals surface area (Å²) in [6, 6.07) is 11.4. The van der Waals surface area contributed by atoms with Crippen molar-refractivity contribution in [2.75, 3.05) is 5.75 Å². The van der Waals surface area contributed by atoms with E-state index in [-0.39, 0.29) is 5.78 Å². The van der Waals surface area contributed by atoms with Gasteiger partial charge in [-0.15, -0.1) is 0 Å². The van der Waals surface area contributed by atoms with Crippen LogP contribution in [0, 0.1) is 6.92 Å². The highest BCUT2D eigenvalue weighted by Gasteiger charge is 2.08. The lowest BCUT2D eigenvalue weighted by Gasteiger charge is -2.03. The molecule has 2 nitrogen and oxygen atoms in total. The van der Waals surface area contributed by atoms with Crippen LogP contribution in [-0.4, -0.2) is 16.5 Å². The molecule has 0 bridgehead atoms. The van der Waals surface area contributed by atoms with Crippen molar-refractivity contribution in [3.8, 4) is 0 Å². The number of aryl methyl sites for hydroxylation is 1. The predicted octanol–water partition coefficient (Wildman–Crippen LogP) is 4.13. The Kier molecular flexibility index (Phi) is 4.55. The van der Waals surface area contributed by atoms with Gasteiger partial charge in [-0.2, -0.15) is 0 Å². The zero-order chi connectivity index (χ0) is 13.0. The Morgan fingerprint density at radius 3 is 2.67 bits per heavy atom. The lowest BCUT2D eigenvalue weighted by molar-refractivity contribution is 0.102. The van der Waals surface area contributed by atoms with Crippen LogP contribution in [0.15, 0.2) is 52.1 Å². The summed E-state index contributed by atoms with van der Waals surface area (Å²) < 4.78 is 0.923. The Balaban J connectivity index is 2.01. The van der Waals surface area contributed by atoms with E-state index in [9.17, 15) is 4.79 Å². The highest BCUT2D eigenvalue weighted by molar-refractivity contribution is 9.10. The van der Waals surface area contributed by atoms with E-state index < -0.39 is 0 Å². The van der Waals surface area contributed by atoms with Gasteiger partial charge < -0.3 is 0 Å². The number of carbonyl (C=O) groups is 1. The largest absolute Gasteiger partial charge is 0.293 e. The highest BCUT2D eigenvalue weighted by Crippen LogP contribution is 2.25. The molecule has 2 aromatic rings. The van der Waals surface area contributed by atoms with Gasteiger partial charge in [0.1, 0.15) is 5.03 Å². The number of ketones is 1. The summed E-state index contributed by atoms with van der Waals surface area (Å²) >= 11 is 4.86. The van der Waals surface area contributed by atoms with E-state index in [0.29, 0.717) is 5.75 Å². The van der Waals surface area contributed by atoms with Crippen molar-refractivity contribution in [3.63, 3.8) is 0 Å². The van der Waals surface area contributed by atoms with Crippen LogP contribution in [0.25, 0.3) is 0 Å². The molecule has 0 saturated heterocycles. The Morgan fingerprint density at radius 1 is 1.28 bits per heavy atom. The Bertz CT molecular complexity index is 554. The number of aromatic nitrogens is 1. The minimum Gasteiger partial charge on any atom is -0.293 e. The molecule has 0 N–H and O–H groups in total.